The molecule has 6 nitrogen and oxygen atoms in total. The van der Waals surface area contributed by atoms with Gasteiger partial charge < -0.3 is 10.1 Å². The first-order valence-electron chi connectivity index (χ1n) is 7.46. The summed E-state index contributed by atoms with van der Waals surface area (Å²) >= 11 is 0. The second-order valence-corrected chi connectivity index (χ2v) is 5.22. The maximum atomic E-state index is 11.7. The van der Waals surface area contributed by atoms with Gasteiger partial charge in [0, 0.05) is 6.54 Å². The van der Waals surface area contributed by atoms with Crippen molar-refractivity contribution in [2.45, 2.75) is 46.0 Å². The monoisotopic (exact) mass is 296 g/mol. The average Bonchev–Trinajstić information content (AvgIpc) is 2.70. The minimum atomic E-state index is -0.535. The molecule has 0 aromatic rings. The van der Waals surface area contributed by atoms with Crippen LogP contribution in [0.1, 0.15) is 46.0 Å². The van der Waals surface area contributed by atoms with Crippen molar-refractivity contribution in [1.29, 1.82) is 0 Å². The van der Waals surface area contributed by atoms with Crippen LogP contribution in [0.2, 0.25) is 0 Å². The zero-order valence-electron chi connectivity index (χ0n) is 12.8. The third-order valence-electron chi connectivity index (χ3n) is 3.57. The summed E-state index contributed by atoms with van der Waals surface area (Å²) in [6.45, 7) is 8.06. The molecule has 1 atom stereocenters. The molecule has 1 rings (SSSR count). The lowest BCUT2D eigenvalue weighted by Gasteiger charge is -2.15. The SMILES string of the molecule is C=C1NC(=O)N(CCC(=O)OCC(CC)CCCC)C1=O. The van der Waals surface area contributed by atoms with Gasteiger partial charge in [0.2, 0.25) is 0 Å². The number of esters is 1. The smallest absolute Gasteiger partial charge is 0.329 e. The number of hydrogen-bond acceptors (Lipinski definition) is 4. The van der Waals surface area contributed by atoms with E-state index in [0.717, 1.165) is 30.6 Å². The van der Waals surface area contributed by atoms with E-state index in [0.29, 0.717) is 12.5 Å². The van der Waals surface area contributed by atoms with Gasteiger partial charge >= 0.3 is 12.0 Å². The Labute approximate surface area is 125 Å². The van der Waals surface area contributed by atoms with E-state index in [-0.39, 0.29) is 24.6 Å². The van der Waals surface area contributed by atoms with Crippen molar-refractivity contribution < 1.29 is 19.1 Å². The van der Waals surface area contributed by atoms with E-state index < -0.39 is 11.9 Å². The van der Waals surface area contributed by atoms with E-state index in [4.69, 9.17) is 4.74 Å². The Morgan fingerprint density at radius 1 is 1.38 bits per heavy atom. The number of urea groups is 1. The van der Waals surface area contributed by atoms with E-state index >= 15 is 0 Å². The maximum absolute atomic E-state index is 11.7. The van der Waals surface area contributed by atoms with Gasteiger partial charge in [0.05, 0.1) is 13.0 Å². The number of unbranched alkanes of at least 4 members (excludes halogenated alkanes) is 1. The van der Waals surface area contributed by atoms with Gasteiger partial charge in [0.15, 0.2) is 0 Å². The summed E-state index contributed by atoms with van der Waals surface area (Å²) in [7, 11) is 0. The first-order chi connectivity index (χ1) is 9.99. The number of ether oxygens (including phenoxy) is 1. The highest BCUT2D eigenvalue weighted by Gasteiger charge is 2.32. The largest absolute Gasteiger partial charge is 0.465 e. The Kier molecular flexibility index (Phi) is 6.91. The molecule has 0 radical (unpaired) electrons. The molecular formula is C15H24N2O4. The third-order valence-corrected chi connectivity index (χ3v) is 3.57. The lowest BCUT2D eigenvalue weighted by Crippen LogP contribution is -2.33. The van der Waals surface area contributed by atoms with Crippen molar-refractivity contribution in [1.82, 2.24) is 10.2 Å². The molecule has 1 fully saturated rings. The van der Waals surface area contributed by atoms with Crippen molar-refractivity contribution in [2.24, 2.45) is 5.92 Å². The summed E-state index contributed by atoms with van der Waals surface area (Å²) in [6.07, 6.45) is 4.28. The molecule has 0 aromatic heterocycles. The molecule has 0 aliphatic carbocycles. The summed E-state index contributed by atoms with van der Waals surface area (Å²) in [5, 5.41) is 2.31. The fourth-order valence-electron chi connectivity index (χ4n) is 2.09. The van der Waals surface area contributed by atoms with Crippen LogP contribution in [0.25, 0.3) is 0 Å². The minimum Gasteiger partial charge on any atom is -0.465 e. The zero-order chi connectivity index (χ0) is 15.8. The number of imide groups is 1. The summed E-state index contributed by atoms with van der Waals surface area (Å²) in [5.74, 6) is -0.490. The lowest BCUT2D eigenvalue weighted by atomic mass is 10.0. The van der Waals surface area contributed by atoms with Crippen molar-refractivity contribution in [3.63, 3.8) is 0 Å². The van der Waals surface area contributed by atoms with Gasteiger partial charge in [-0.15, -0.1) is 0 Å². The Morgan fingerprint density at radius 3 is 2.62 bits per heavy atom. The fourth-order valence-corrected chi connectivity index (χ4v) is 2.09. The van der Waals surface area contributed by atoms with Crippen LogP contribution in [0.5, 0.6) is 0 Å². The number of carbonyl (C=O) groups excluding carboxylic acids is 3. The van der Waals surface area contributed by atoms with Crippen LogP contribution in [0.4, 0.5) is 4.79 Å². The van der Waals surface area contributed by atoms with Crippen LogP contribution in [-0.4, -0.2) is 36.0 Å². The number of amides is 3. The first-order valence-corrected chi connectivity index (χ1v) is 7.46. The molecule has 118 valence electrons. The lowest BCUT2D eigenvalue weighted by molar-refractivity contribution is -0.145. The highest BCUT2D eigenvalue weighted by molar-refractivity contribution is 6.11. The Hall–Kier alpha value is -1.85. The maximum Gasteiger partial charge on any atom is 0.329 e. The van der Waals surface area contributed by atoms with Crippen LogP contribution in [0, 0.1) is 5.92 Å². The molecule has 6 heteroatoms. The molecule has 1 N–H and O–H groups in total. The van der Waals surface area contributed by atoms with Crippen molar-refractivity contribution in [2.75, 3.05) is 13.2 Å². The molecule has 3 amide bonds. The Bertz CT molecular complexity index is 420. The highest BCUT2D eigenvalue weighted by atomic mass is 16.5. The second kappa shape index (κ2) is 8.44. The van der Waals surface area contributed by atoms with E-state index in [9.17, 15) is 14.4 Å². The van der Waals surface area contributed by atoms with Gasteiger partial charge in [-0.2, -0.15) is 0 Å². The molecule has 1 unspecified atom stereocenters. The van der Waals surface area contributed by atoms with Crippen molar-refractivity contribution >= 4 is 17.9 Å². The van der Waals surface area contributed by atoms with Crippen LogP contribution in [-0.2, 0) is 14.3 Å². The number of hydrogen-bond donors (Lipinski definition) is 1. The molecule has 0 bridgehead atoms. The van der Waals surface area contributed by atoms with E-state index in [2.05, 4.69) is 25.7 Å². The van der Waals surface area contributed by atoms with Gasteiger partial charge in [-0.3, -0.25) is 14.5 Å². The standard InChI is InChI=1S/C15H24N2O4/c1-4-6-7-12(5-2)10-21-13(18)8-9-17-14(19)11(3)16-15(17)20/h12H,3-10H2,1-2H3,(H,16,20). The van der Waals surface area contributed by atoms with Crippen LogP contribution < -0.4 is 5.32 Å². The summed E-state index contributed by atoms with van der Waals surface area (Å²) < 4.78 is 5.22. The highest BCUT2D eigenvalue weighted by Crippen LogP contribution is 2.13. The molecule has 1 saturated heterocycles. The third kappa shape index (κ3) is 5.21. The average molecular weight is 296 g/mol. The van der Waals surface area contributed by atoms with Gasteiger partial charge in [0.1, 0.15) is 5.70 Å². The number of nitrogens with zero attached hydrogens (tertiary/aromatic N) is 1. The molecular weight excluding hydrogens is 272 g/mol. The van der Waals surface area contributed by atoms with Gasteiger partial charge in [-0.05, 0) is 12.3 Å². The Morgan fingerprint density at radius 2 is 2.10 bits per heavy atom. The summed E-state index contributed by atoms with van der Waals surface area (Å²) in [4.78, 5) is 35.6. The van der Waals surface area contributed by atoms with Crippen molar-refractivity contribution in [3.8, 4) is 0 Å². The van der Waals surface area contributed by atoms with Gasteiger partial charge in [-0.25, -0.2) is 4.79 Å². The molecule has 1 heterocycles. The van der Waals surface area contributed by atoms with Crippen LogP contribution >= 0.6 is 0 Å². The molecule has 0 aromatic carbocycles. The van der Waals surface area contributed by atoms with E-state index in [1.165, 1.54) is 0 Å². The number of rotatable bonds is 9. The van der Waals surface area contributed by atoms with Crippen molar-refractivity contribution in [3.05, 3.63) is 12.3 Å². The molecule has 0 saturated carbocycles. The minimum absolute atomic E-state index is 0.0106. The van der Waals surface area contributed by atoms with Gasteiger partial charge in [0.25, 0.3) is 5.91 Å². The number of carbonyl (C=O) groups is 3. The van der Waals surface area contributed by atoms with E-state index in [1.807, 2.05) is 0 Å². The predicted octanol–water partition coefficient (Wildman–Crippen LogP) is 2.20. The fraction of sp³-hybridized carbons (Fsp3) is 0.667. The summed E-state index contributed by atoms with van der Waals surface area (Å²) in [6, 6.07) is -0.535. The molecule has 1 aliphatic heterocycles. The Balaban J connectivity index is 2.29. The topological polar surface area (TPSA) is 75.7 Å². The predicted molar refractivity (Wildman–Crippen MR) is 78.3 cm³/mol. The van der Waals surface area contributed by atoms with Crippen LogP contribution in [0.3, 0.4) is 0 Å². The normalized spacial score (nSPS) is 16.1. The quantitative estimate of drug-likeness (QED) is 0.402. The molecule has 1 aliphatic rings. The summed E-state index contributed by atoms with van der Waals surface area (Å²) in [5.41, 5.74) is 0.0407. The molecule has 0 spiro atoms. The van der Waals surface area contributed by atoms with E-state index in [1.54, 1.807) is 0 Å². The van der Waals surface area contributed by atoms with Crippen LogP contribution in [0.15, 0.2) is 12.3 Å². The first kappa shape index (κ1) is 17.2. The van der Waals surface area contributed by atoms with Gasteiger partial charge in [-0.1, -0.05) is 39.7 Å². The second-order valence-electron chi connectivity index (χ2n) is 5.22. The number of nitrogens with one attached hydrogen (secondary N) is 1. The zero-order valence-corrected chi connectivity index (χ0v) is 12.8. The molecule has 21 heavy (non-hydrogen) atoms.